The van der Waals surface area contributed by atoms with Crippen LogP contribution in [0.2, 0.25) is 5.02 Å². The fourth-order valence-electron chi connectivity index (χ4n) is 3.13. The van der Waals surface area contributed by atoms with Crippen molar-refractivity contribution in [1.29, 1.82) is 0 Å². The van der Waals surface area contributed by atoms with Crippen molar-refractivity contribution in [3.63, 3.8) is 0 Å². The number of hydrogen-bond donors (Lipinski definition) is 1. The van der Waals surface area contributed by atoms with Crippen LogP contribution in [0.25, 0.3) is 0 Å². The fourth-order valence-corrected chi connectivity index (χ4v) is 5.68. The Balaban J connectivity index is 1.68. The third-order valence-electron chi connectivity index (χ3n) is 4.73. The van der Waals surface area contributed by atoms with Crippen LogP contribution in [0.5, 0.6) is 0 Å². The van der Waals surface area contributed by atoms with E-state index in [2.05, 4.69) is 17.4 Å². The summed E-state index contributed by atoms with van der Waals surface area (Å²) in [5.41, 5.74) is 2.32. The number of thioether (sulfide) groups is 1. The molecule has 0 unspecified atom stereocenters. The number of nitrogens with one attached hydrogen (secondary N) is 1. The minimum Gasteiger partial charge on any atom is -0.354 e. The van der Waals surface area contributed by atoms with Gasteiger partial charge < -0.3 is 5.32 Å². The lowest BCUT2D eigenvalue weighted by molar-refractivity contribution is -0.119. The molecule has 1 N–H and O–H groups in total. The molecule has 0 bridgehead atoms. The number of nitrogens with zero attached hydrogens (tertiary/aromatic N) is 1. The van der Waals surface area contributed by atoms with E-state index in [1.165, 1.54) is 17.7 Å². The van der Waals surface area contributed by atoms with Crippen molar-refractivity contribution in [3.05, 3.63) is 95.0 Å². The van der Waals surface area contributed by atoms with Gasteiger partial charge in [0.1, 0.15) is 6.54 Å². The monoisotopic (exact) mass is 488 g/mol. The molecule has 0 saturated carbocycles. The van der Waals surface area contributed by atoms with E-state index in [1.54, 1.807) is 55.1 Å². The van der Waals surface area contributed by atoms with Crippen LogP contribution in [0.4, 0.5) is 5.69 Å². The molecular formula is C24H25ClN2O3S2. The van der Waals surface area contributed by atoms with Gasteiger partial charge in [0.2, 0.25) is 5.91 Å². The molecule has 0 radical (unpaired) electrons. The standard InChI is InChI=1S/C24H25ClN2O3S2/c1-19-16-21(25)12-13-23(19)27(32(29,30)22-10-6-3-7-11-22)17-24(28)26-14-15-31-18-20-8-4-2-5-9-20/h2-13,16H,14-15,17-18H2,1H3,(H,26,28). The maximum atomic E-state index is 13.3. The second-order valence-corrected chi connectivity index (χ2v) is 10.5. The Hall–Kier alpha value is -2.48. The quantitative estimate of drug-likeness (QED) is 0.412. The summed E-state index contributed by atoms with van der Waals surface area (Å²) in [7, 11) is -3.93. The lowest BCUT2D eigenvalue weighted by Crippen LogP contribution is -2.41. The van der Waals surface area contributed by atoms with Crippen LogP contribution in [-0.4, -0.2) is 33.2 Å². The molecule has 0 aliphatic rings. The Morgan fingerprint density at radius 3 is 2.31 bits per heavy atom. The van der Waals surface area contributed by atoms with E-state index in [0.717, 1.165) is 15.8 Å². The average molecular weight is 489 g/mol. The molecule has 168 valence electrons. The molecule has 0 saturated heterocycles. The number of halogens is 1. The van der Waals surface area contributed by atoms with Gasteiger partial charge in [0, 0.05) is 23.1 Å². The fraction of sp³-hybridized carbons (Fsp3) is 0.208. The number of carbonyl (C=O) groups is 1. The van der Waals surface area contributed by atoms with Crippen LogP contribution in [-0.2, 0) is 20.6 Å². The Morgan fingerprint density at radius 1 is 1.00 bits per heavy atom. The first-order chi connectivity index (χ1) is 15.4. The topological polar surface area (TPSA) is 66.5 Å². The number of anilines is 1. The van der Waals surface area contributed by atoms with Gasteiger partial charge in [-0.15, -0.1) is 0 Å². The van der Waals surface area contributed by atoms with Gasteiger partial charge in [-0.25, -0.2) is 8.42 Å². The van der Waals surface area contributed by atoms with Crippen LogP contribution in [0.3, 0.4) is 0 Å². The summed E-state index contributed by atoms with van der Waals surface area (Å²) in [5, 5.41) is 3.33. The molecule has 3 aromatic carbocycles. The van der Waals surface area contributed by atoms with E-state index in [4.69, 9.17) is 11.6 Å². The van der Waals surface area contributed by atoms with Crippen LogP contribution in [0, 0.1) is 6.92 Å². The highest BCUT2D eigenvalue weighted by molar-refractivity contribution is 7.98. The van der Waals surface area contributed by atoms with Gasteiger partial charge in [0.25, 0.3) is 10.0 Å². The number of aryl methyl sites for hydroxylation is 1. The Bertz CT molecular complexity index is 1140. The summed E-state index contributed by atoms with van der Waals surface area (Å²) < 4.78 is 27.8. The largest absolute Gasteiger partial charge is 0.354 e. The molecule has 3 aromatic rings. The van der Waals surface area contributed by atoms with Gasteiger partial charge in [0.05, 0.1) is 10.6 Å². The van der Waals surface area contributed by atoms with Crippen LogP contribution >= 0.6 is 23.4 Å². The molecule has 32 heavy (non-hydrogen) atoms. The third-order valence-corrected chi connectivity index (χ3v) is 7.77. The zero-order chi connectivity index (χ0) is 23.0. The molecule has 0 aromatic heterocycles. The highest BCUT2D eigenvalue weighted by Gasteiger charge is 2.28. The smallest absolute Gasteiger partial charge is 0.264 e. The molecule has 0 aliphatic heterocycles. The lowest BCUT2D eigenvalue weighted by atomic mass is 10.2. The maximum Gasteiger partial charge on any atom is 0.264 e. The third kappa shape index (κ3) is 6.51. The van der Waals surface area contributed by atoms with Crippen LogP contribution in [0.15, 0.2) is 83.8 Å². The lowest BCUT2D eigenvalue weighted by Gasteiger charge is -2.25. The summed E-state index contributed by atoms with van der Waals surface area (Å²) in [5.74, 6) is 1.22. The molecule has 0 aliphatic carbocycles. The second kappa shape index (κ2) is 11.4. The zero-order valence-electron chi connectivity index (χ0n) is 17.7. The van der Waals surface area contributed by atoms with Crippen molar-refractivity contribution in [3.8, 4) is 0 Å². The number of carbonyl (C=O) groups excluding carboxylic acids is 1. The van der Waals surface area contributed by atoms with Gasteiger partial charge in [-0.3, -0.25) is 9.10 Å². The van der Waals surface area contributed by atoms with Gasteiger partial charge in [-0.1, -0.05) is 60.1 Å². The summed E-state index contributed by atoms with van der Waals surface area (Å²) >= 11 is 7.76. The zero-order valence-corrected chi connectivity index (χ0v) is 20.1. The Kier molecular flexibility index (Phi) is 8.61. The minimum atomic E-state index is -3.93. The predicted molar refractivity (Wildman–Crippen MR) is 133 cm³/mol. The highest BCUT2D eigenvalue weighted by Crippen LogP contribution is 2.28. The molecule has 1 amide bonds. The van der Waals surface area contributed by atoms with Crippen molar-refractivity contribution in [1.82, 2.24) is 5.32 Å². The summed E-state index contributed by atoms with van der Waals surface area (Å²) in [6, 6.07) is 23.1. The average Bonchev–Trinajstić information content (AvgIpc) is 2.79. The van der Waals surface area contributed by atoms with Crippen LogP contribution < -0.4 is 9.62 Å². The molecule has 0 spiro atoms. The van der Waals surface area contributed by atoms with Gasteiger partial charge in [-0.05, 0) is 48.4 Å². The minimum absolute atomic E-state index is 0.126. The number of amides is 1. The molecule has 5 nitrogen and oxygen atoms in total. The first-order valence-corrected chi connectivity index (χ1v) is 13.1. The van der Waals surface area contributed by atoms with Crippen molar-refractivity contribution in [2.45, 2.75) is 17.6 Å². The number of benzene rings is 3. The van der Waals surface area contributed by atoms with Crippen molar-refractivity contribution in [2.75, 3.05) is 23.1 Å². The molecule has 0 heterocycles. The SMILES string of the molecule is Cc1cc(Cl)ccc1N(CC(=O)NCCSCc1ccccc1)S(=O)(=O)c1ccccc1. The van der Waals surface area contributed by atoms with Gasteiger partial charge in [-0.2, -0.15) is 11.8 Å². The number of rotatable bonds is 10. The van der Waals surface area contributed by atoms with E-state index >= 15 is 0 Å². The first-order valence-electron chi connectivity index (χ1n) is 10.1. The van der Waals surface area contributed by atoms with E-state index < -0.39 is 10.0 Å². The van der Waals surface area contributed by atoms with Gasteiger partial charge in [0.15, 0.2) is 0 Å². The normalized spacial score (nSPS) is 11.2. The molecule has 0 fully saturated rings. The van der Waals surface area contributed by atoms with Crippen molar-refractivity contribution >= 4 is 45.0 Å². The number of hydrogen-bond acceptors (Lipinski definition) is 4. The van der Waals surface area contributed by atoms with E-state index in [0.29, 0.717) is 22.8 Å². The van der Waals surface area contributed by atoms with Crippen LogP contribution in [0.1, 0.15) is 11.1 Å². The van der Waals surface area contributed by atoms with E-state index in [-0.39, 0.29) is 17.3 Å². The molecular weight excluding hydrogens is 464 g/mol. The molecule has 8 heteroatoms. The summed E-state index contributed by atoms with van der Waals surface area (Å²) in [6.07, 6.45) is 0. The molecule has 0 atom stereocenters. The van der Waals surface area contributed by atoms with E-state index in [9.17, 15) is 13.2 Å². The van der Waals surface area contributed by atoms with E-state index in [1.807, 2.05) is 18.2 Å². The van der Waals surface area contributed by atoms with Crippen molar-refractivity contribution in [2.24, 2.45) is 0 Å². The Labute approximate surface area is 198 Å². The second-order valence-electron chi connectivity index (χ2n) is 7.14. The van der Waals surface area contributed by atoms with Gasteiger partial charge >= 0.3 is 0 Å². The highest BCUT2D eigenvalue weighted by atomic mass is 35.5. The van der Waals surface area contributed by atoms with Crippen molar-refractivity contribution < 1.29 is 13.2 Å². The maximum absolute atomic E-state index is 13.3. The summed E-state index contributed by atoms with van der Waals surface area (Å²) in [6.45, 7) is 1.91. The first kappa shape index (κ1) is 24.2. The molecule has 3 rings (SSSR count). The summed E-state index contributed by atoms with van der Waals surface area (Å²) in [4.78, 5) is 12.8. The Morgan fingerprint density at radius 2 is 1.66 bits per heavy atom. The number of sulfonamides is 1. The predicted octanol–water partition coefficient (Wildman–Crippen LogP) is 4.89.